The topological polar surface area (TPSA) is 96.0 Å². The van der Waals surface area contributed by atoms with Gasteiger partial charge < -0.3 is 19.9 Å². The van der Waals surface area contributed by atoms with Crippen molar-refractivity contribution < 1.29 is 9.53 Å². The number of carbonyl (C=O) groups excluding carboxylic acids is 1. The summed E-state index contributed by atoms with van der Waals surface area (Å²) in [5, 5.41) is 3.22. The van der Waals surface area contributed by atoms with E-state index < -0.39 is 0 Å². The van der Waals surface area contributed by atoms with Crippen molar-refractivity contribution in [2.45, 2.75) is 13.0 Å². The smallest absolute Gasteiger partial charge is 0.231 e. The molecule has 8 nitrogen and oxygen atoms in total. The van der Waals surface area contributed by atoms with E-state index >= 15 is 0 Å². The number of H-pyrrole nitrogens is 1. The third kappa shape index (κ3) is 3.56. The Hall–Kier alpha value is -1.45. The van der Waals surface area contributed by atoms with Gasteiger partial charge in [-0.15, -0.1) is 0 Å². The summed E-state index contributed by atoms with van der Waals surface area (Å²) in [6.07, 6.45) is 0. The maximum atomic E-state index is 11.5. The van der Waals surface area contributed by atoms with Crippen LogP contribution in [0.4, 0.5) is 5.82 Å². The maximum Gasteiger partial charge on any atom is 0.231 e. The minimum atomic E-state index is -0.273. The molecule has 0 radical (unpaired) electrons. The summed E-state index contributed by atoms with van der Waals surface area (Å²) >= 11 is 9.16. The van der Waals surface area contributed by atoms with Gasteiger partial charge in [-0.3, -0.25) is 4.79 Å². The first-order valence-electron chi connectivity index (χ1n) is 7.19. The van der Waals surface area contributed by atoms with Crippen LogP contribution in [0.5, 0.6) is 0 Å². The van der Waals surface area contributed by atoms with Crippen molar-refractivity contribution in [1.82, 2.24) is 25.3 Å². The number of aromatic nitrogens is 4. The fourth-order valence-electron chi connectivity index (χ4n) is 2.43. The fourth-order valence-corrected chi connectivity index (χ4v) is 2.75. The largest absolute Gasteiger partial charge is 0.378 e. The van der Waals surface area contributed by atoms with E-state index in [1.165, 1.54) is 0 Å². The summed E-state index contributed by atoms with van der Waals surface area (Å²) in [6, 6.07) is -0.273. The number of anilines is 1. The Balaban J connectivity index is 1.96. The molecule has 10 heteroatoms. The van der Waals surface area contributed by atoms with Crippen LogP contribution in [0.3, 0.4) is 0 Å². The van der Waals surface area contributed by atoms with E-state index in [1.54, 1.807) is 0 Å². The fraction of sp³-hybridized carbons (Fsp3) is 0.538. The van der Waals surface area contributed by atoms with Crippen molar-refractivity contribution in [3.63, 3.8) is 0 Å². The molecule has 124 valence electrons. The number of morpholine rings is 1. The first-order valence-corrected chi connectivity index (χ1v) is 8.69. The molecule has 0 aromatic carbocycles. The molecule has 0 saturated carbocycles. The van der Waals surface area contributed by atoms with Crippen molar-refractivity contribution in [2.75, 3.05) is 36.5 Å². The first-order chi connectivity index (χ1) is 11.1. The molecule has 0 aliphatic carbocycles. The predicted octanol–water partition coefficient (Wildman–Crippen LogP) is 1.41. The number of carbonyl (C=O) groups is 1. The molecule has 2 N–H and O–H groups in total. The monoisotopic (exact) mass is 402 g/mol. The molecule has 0 bridgehead atoms. The SMILES string of the molecule is CC(NC(=O)CBr)c1nc2c(N3CCOCC3)nc(Cl)nc2[nH]1. The number of fused-ring (bicyclic) bond motifs is 1. The van der Waals surface area contributed by atoms with E-state index in [9.17, 15) is 4.79 Å². The molecule has 1 atom stereocenters. The Labute approximate surface area is 146 Å². The third-order valence-corrected chi connectivity index (χ3v) is 4.22. The number of hydrogen-bond donors (Lipinski definition) is 2. The van der Waals surface area contributed by atoms with Crippen LogP contribution in [-0.2, 0) is 9.53 Å². The zero-order valence-electron chi connectivity index (χ0n) is 12.5. The highest BCUT2D eigenvalue weighted by Gasteiger charge is 2.21. The number of rotatable bonds is 4. The van der Waals surface area contributed by atoms with Crippen LogP contribution in [0.2, 0.25) is 5.28 Å². The van der Waals surface area contributed by atoms with E-state index in [0.29, 0.717) is 36.0 Å². The normalized spacial score (nSPS) is 16.6. The van der Waals surface area contributed by atoms with Gasteiger partial charge in [0, 0.05) is 13.1 Å². The minimum absolute atomic E-state index is 0.115. The quantitative estimate of drug-likeness (QED) is 0.592. The Bertz CT molecular complexity index is 718. The van der Waals surface area contributed by atoms with E-state index in [4.69, 9.17) is 16.3 Å². The molecule has 3 heterocycles. The van der Waals surface area contributed by atoms with Crippen molar-refractivity contribution in [2.24, 2.45) is 0 Å². The summed E-state index contributed by atoms with van der Waals surface area (Å²) < 4.78 is 5.36. The van der Waals surface area contributed by atoms with Gasteiger partial charge in [-0.1, -0.05) is 15.9 Å². The van der Waals surface area contributed by atoms with Crippen LogP contribution < -0.4 is 10.2 Å². The first kappa shape index (κ1) is 16.4. The molecule has 1 aliphatic rings. The van der Waals surface area contributed by atoms with Crippen molar-refractivity contribution in [3.05, 3.63) is 11.1 Å². The number of hydrogen-bond acceptors (Lipinski definition) is 6. The lowest BCUT2D eigenvalue weighted by Gasteiger charge is -2.27. The molecule has 1 unspecified atom stereocenters. The highest BCUT2D eigenvalue weighted by atomic mass is 79.9. The average Bonchev–Trinajstić information content (AvgIpc) is 2.98. The van der Waals surface area contributed by atoms with Crippen LogP contribution in [0.15, 0.2) is 0 Å². The minimum Gasteiger partial charge on any atom is -0.378 e. The van der Waals surface area contributed by atoms with Gasteiger partial charge in [0.25, 0.3) is 0 Å². The Morgan fingerprint density at radius 2 is 2.17 bits per heavy atom. The van der Waals surface area contributed by atoms with Gasteiger partial charge >= 0.3 is 0 Å². The van der Waals surface area contributed by atoms with Gasteiger partial charge in [-0.05, 0) is 18.5 Å². The van der Waals surface area contributed by atoms with Crippen LogP contribution >= 0.6 is 27.5 Å². The number of halogens is 2. The van der Waals surface area contributed by atoms with E-state index in [0.717, 1.165) is 13.1 Å². The number of imidazole rings is 1. The molecule has 2 aromatic rings. The summed E-state index contributed by atoms with van der Waals surface area (Å²) in [6.45, 7) is 4.57. The third-order valence-electron chi connectivity index (χ3n) is 3.54. The molecule has 1 fully saturated rings. The van der Waals surface area contributed by atoms with Gasteiger partial charge in [0.1, 0.15) is 5.82 Å². The highest BCUT2D eigenvalue weighted by Crippen LogP contribution is 2.26. The average molecular weight is 404 g/mol. The summed E-state index contributed by atoms with van der Waals surface area (Å²) in [7, 11) is 0. The molecular formula is C13H16BrClN6O2. The van der Waals surface area contributed by atoms with Gasteiger partial charge in [0.15, 0.2) is 17.0 Å². The molecule has 1 aliphatic heterocycles. The molecule has 2 aromatic heterocycles. The number of ether oxygens (including phenoxy) is 1. The Morgan fingerprint density at radius 1 is 1.43 bits per heavy atom. The number of aromatic amines is 1. The van der Waals surface area contributed by atoms with Crippen LogP contribution in [0, 0.1) is 0 Å². The summed E-state index contributed by atoms with van der Waals surface area (Å²) in [5.74, 6) is 1.18. The molecule has 3 rings (SSSR count). The zero-order chi connectivity index (χ0) is 16.4. The maximum absolute atomic E-state index is 11.5. The second-order valence-corrected chi connectivity index (χ2v) is 6.06. The lowest BCUT2D eigenvalue weighted by atomic mass is 10.3. The van der Waals surface area contributed by atoms with Crippen LogP contribution in [0.25, 0.3) is 11.2 Å². The lowest BCUT2D eigenvalue weighted by molar-refractivity contribution is -0.119. The Kier molecular flexibility index (Phi) is 4.98. The molecular weight excluding hydrogens is 388 g/mol. The summed E-state index contributed by atoms with van der Waals surface area (Å²) in [5.41, 5.74) is 1.20. The van der Waals surface area contributed by atoms with Crippen LogP contribution in [-0.4, -0.2) is 57.5 Å². The highest BCUT2D eigenvalue weighted by molar-refractivity contribution is 9.09. The van der Waals surface area contributed by atoms with E-state index in [2.05, 4.69) is 46.1 Å². The van der Waals surface area contributed by atoms with Crippen molar-refractivity contribution >= 4 is 50.4 Å². The van der Waals surface area contributed by atoms with Gasteiger partial charge in [0.2, 0.25) is 11.2 Å². The standard InChI is InChI=1S/C13H16BrClN6O2/c1-7(16-8(22)6-14)10-17-9-11(18-10)19-13(15)20-12(9)21-2-4-23-5-3-21/h7H,2-6H2,1H3,(H,16,22)(H,17,18,19,20). The van der Waals surface area contributed by atoms with Gasteiger partial charge in [0.05, 0.1) is 24.6 Å². The van der Waals surface area contributed by atoms with Gasteiger partial charge in [-0.2, -0.15) is 9.97 Å². The summed E-state index contributed by atoms with van der Waals surface area (Å²) in [4.78, 5) is 29.8. The number of nitrogens with one attached hydrogen (secondary N) is 2. The van der Waals surface area contributed by atoms with E-state index in [1.807, 2.05) is 6.92 Å². The number of amides is 1. The Morgan fingerprint density at radius 3 is 2.87 bits per heavy atom. The van der Waals surface area contributed by atoms with Crippen LogP contribution in [0.1, 0.15) is 18.8 Å². The second kappa shape index (κ2) is 6.98. The van der Waals surface area contributed by atoms with Crippen molar-refractivity contribution in [1.29, 1.82) is 0 Å². The van der Waals surface area contributed by atoms with Crippen molar-refractivity contribution in [3.8, 4) is 0 Å². The predicted molar refractivity (Wildman–Crippen MR) is 90.1 cm³/mol. The zero-order valence-corrected chi connectivity index (χ0v) is 14.8. The van der Waals surface area contributed by atoms with E-state index in [-0.39, 0.29) is 22.6 Å². The second-order valence-electron chi connectivity index (χ2n) is 5.16. The molecule has 1 saturated heterocycles. The molecule has 23 heavy (non-hydrogen) atoms. The molecule has 1 amide bonds. The number of alkyl halides is 1. The number of nitrogens with zero attached hydrogens (tertiary/aromatic N) is 4. The lowest BCUT2D eigenvalue weighted by Crippen LogP contribution is -2.37. The molecule has 0 spiro atoms. The van der Waals surface area contributed by atoms with Gasteiger partial charge in [-0.25, -0.2) is 4.98 Å².